The van der Waals surface area contributed by atoms with Gasteiger partial charge >= 0.3 is 0 Å². The van der Waals surface area contributed by atoms with Gasteiger partial charge in [-0.05, 0) is 63.0 Å². The first-order valence-electron chi connectivity index (χ1n) is 9.67. The SMILES string of the molecule is C1CN2CCC12.CCCOc1ccccc1-c1cn2cccc(C)c2n1. The van der Waals surface area contributed by atoms with Gasteiger partial charge in [0.25, 0.3) is 0 Å². The van der Waals surface area contributed by atoms with E-state index in [-0.39, 0.29) is 0 Å². The molecule has 136 valence electrons. The molecule has 2 aromatic heterocycles. The second kappa shape index (κ2) is 7.50. The number of para-hydroxylation sites is 1. The lowest BCUT2D eigenvalue weighted by Gasteiger charge is -2.50. The lowest BCUT2D eigenvalue weighted by Crippen LogP contribution is -2.57. The van der Waals surface area contributed by atoms with Gasteiger partial charge in [-0.2, -0.15) is 0 Å². The summed E-state index contributed by atoms with van der Waals surface area (Å²) < 4.78 is 7.87. The third-order valence-electron chi connectivity index (χ3n) is 5.32. The summed E-state index contributed by atoms with van der Waals surface area (Å²) in [4.78, 5) is 7.26. The lowest BCUT2D eigenvalue weighted by atomic mass is 9.91. The van der Waals surface area contributed by atoms with E-state index in [0.29, 0.717) is 0 Å². The van der Waals surface area contributed by atoms with E-state index in [9.17, 15) is 0 Å². The van der Waals surface area contributed by atoms with Crippen LogP contribution in [0, 0.1) is 6.92 Å². The second-order valence-electron chi connectivity index (χ2n) is 7.16. The normalized spacial score (nSPS) is 16.2. The standard InChI is InChI=1S/C17H18N2O.C5H9N/c1-3-11-20-16-9-5-4-8-14(16)15-12-19-10-6-7-13(2)17(19)18-15;1-3-6-4-2-5(1)6/h4-10,12H,3,11H2,1-2H3;5H,1-4H2. The van der Waals surface area contributed by atoms with Crippen molar-refractivity contribution >= 4 is 5.65 Å². The van der Waals surface area contributed by atoms with Crippen LogP contribution in [0.5, 0.6) is 5.75 Å². The summed E-state index contributed by atoms with van der Waals surface area (Å²) in [6, 6.07) is 13.2. The fourth-order valence-corrected chi connectivity index (χ4v) is 3.54. The molecule has 0 radical (unpaired) electrons. The van der Waals surface area contributed by atoms with Crippen LogP contribution in [-0.2, 0) is 0 Å². The molecule has 2 aliphatic heterocycles. The summed E-state index contributed by atoms with van der Waals surface area (Å²) in [6.07, 6.45) is 8.05. The number of hydrogen-bond acceptors (Lipinski definition) is 3. The smallest absolute Gasteiger partial charge is 0.140 e. The van der Waals surface area contributed by atoms with E-state index in [1.54, 1.807) is 0 Å². The average molecular weight is 349 g/mol. The highest BCUT2D eigenvalue weighted by Crippen LogP contribution is 2.30. The fraction of sp³-hybridized carbons (Fsp3) is 0.409. The summed E-state index contributed by atoms with van der Waals surface area (Å²) in [5, 5.41) is 0. The van der Waals surface area contributed by atoms with Gasteiger partial charge in [-0.15, -0.1) is 0 Å². The molecule has 2 aliphatic rings. The highest BCUT2D eigenvalue weighted by molar-refractivity contribution is 5.69. The van der Waals surface area contributed by atoms with Crippen LogP contribution in [0.3, 0.4) is 0 Å². The van der Waals surface area contributed by atoms with E-state index in [1.165, 1.54) is 31.5 Å². The molecule has 26 heavy (non-hydrogen) atoms. The van der Waals surface area contributed by atoms with Gasteiger partial charge in [0.1, 0.15) is 11.4 Å². The van der Waals surface area contributed by atoms with Crippen LogP contribution in [-0.4, -0.2) is 40.0 Å². The molecule has 0 N–H and O–H groups in total. The molecule has 1 aromatic carbocycles. The molecule has 0 spiro atoms. The average Bonchev–Trinajstić information content (AvgIpc) is 3.09. The monoisotopic (exact) mass is 349 g/mol. The van der Waals surface area contributed by atoms with Gasteiger partial charge in [-0.1, -0.05) is 25.1 Å². The molecule has 4 heteroatoms. The van der Waals surface area contributed by atoms with Crippen molar-refractivity contribution < 1.29 is 4.74 Å². The summed E-state index contributed by atoms with van der Waals surface area (Å²) in [5.74, 6) is 0.899. The number of ether oxygens (including phenoxy) is 1. The van der Waals surface area contributed by atoms with Gasteiger partial charge in [0.05, 0.1) is 12.3 Å². The molecular formula is C22H27N3O. The van der Waals surface area contributed by atoms with E-state index < -0.39 is 0 Å². The quantitative estimate of drug-likeness (QED) is 0.691. The number of benzene rings is 1. The molecule has 5 rings (SSSR count). The Balaban J connectivity index is 0.000000233. The number of hydrogen-bond donors (Lipinski definition) is 0. The van der Waals surface area contributed by atoms with Gasteiger partial charge < -0.3 is 14.0 Å². The molecule has 0 amide bonds. The maximum absolute atomic E-state index is 5.82. The number of fused-ring (bicyclic) bond motifs is 2. The van der Waals surface area contributed by atoms with Crippen LogP contribution in [0.15, 0.2) is 48.8 Å². The van der Waals surface area contributed by atoms with Crippen molar-refractivity contribution in [3.05, 3.63) is 54.4 Å². The van der Waals surface area contributed by atoms with Crippen molar-refractivity contribution in [3.63, 3.8) is 0 Å². The largest absolute Gasteiger partial charge is 0.493 e. The minimum atomic E-state index is 0.726. The molecule has 3 aromatic rings. The van der Waals surface area contributed by atoms with E-state index >= 15 is 0 Å². The first kappa shape index (κ1) is 17.1. The van der Waals surface area contributed by atoms with Gasteiger partial charge in [0, 0.05) is 24.0 Å². The molecule has 2 fully saturated rings. The number of nitrogens with zero attached hydrogens (tertiary/aromatic N) is 3. The van der Waals surface area contributed by atoms with E-state index in [0.717, 1.165) is 41.7 Å². The summed E-state index contributed by atoms with van der Waals surface area (Å²) in [7, 11) is 0. The van der Waals surface area contributed by atoms with Crippen molar-refractivity contribution in [1.82, 2.24) is 14.3 Å². The van der Waals surface area contributed by atoms with Gasteiger partial charge in [-0.25, -0.2) is 4.98 Å². The molecule has 0 saturated carbocycles. The van der Waals surface area contributed by atoms with E-state index in [4.69, 9.17) is 9.72 Å². The maximum atomic E-state index is 5.82. The zero-order chi connectivity index (χ0) is 17.9. The Morgan fingerprint density at radius 1 is 1.12 bits per heavy atom. The number of piperidine rings is 1. The van der Waals surface area contributed by atoms with Gasteiger partial charge in [-0.3, -0.25) is 0 Å². The topological polar surface area (TPSA) is 29.8 Å². The first-order valence-corrected chi connectivity index (χ1v) is 9.67. The molecule has 0 unspecified atom stereocenters. The van der Waals surface area contributed by atoms with Gasteiger partial charge in [0.2, 0.25) is 0 Å². The molecule has 0 bridgehead atoms. The molecule has 0 atom stereocenters. The Kier molecular flexibility index (Phi) is 4.93. The molecule has 4 nitrogen and oxygen atoms in total. The summed E-state index contributed by atoms with van der Waals surface area (Å²) >= 11 is 0. The third-order valence-corrected chi connectivity index (χ3v) is 5.32. The Hall–Kier alpha value is -2.33. The fourth-order valence-electron chi connectivity index (χ4n) is 3.54. The number of aromatic nitrogens is 2. The molecule has 4 heterocycles. The number of imidazole rings is 1. The van der Waals surface area contributed by atoms with Crippen molar-refractivity contribution in [2.24, 2.45) is 0 Å². The van der Waals surface area contributed by atoms with E-state index in [1.807, 2.05) is 30.5 Å². The van der Waals surface area contributed by atoms with Crippen LogP contribution in [0.25, 0.3) is 16.9 Å². The second-order valence-corrected chi connectivity index (χ2v) is 7.16. The Morgan fingerprint density at radius 2 is 1.88 bits per heavy atom. The molecular weight excluding hydrogens is 322 g/mol. The van der Waals surface area contributed by atoms with Crippen molar-refractivity contribution in [2.45, 2.75) is 39.2 Å². The predicted molar refractivity (Wildman–Crippen MR) is 106 cm³/mol. The summed E-state index contributed by atoms with van der Waals surface area (Å²) in [6.45, 7) is 7.70. The van der Waals surface area contributed by atoms with Crippen LogP contribution in [0.4, 0.5) is 0 Å². The highest BCUT2D eigenvalue weighted by Gasteiger charge is 2.34. The van der Waals surface area contributed by atoms with E-state index in [2.05, 4.69) is 41.5 Å². The number of aryl methyl sites for hydroxylation is 1. The molecule has 0 aliphatic carbocycles. The minimum Gasteiger partial charge on any atom is -0.493 e. The molecule has 2 saturated heterocycles. The van der Waals surface area contributed by atoms with Crippen molar-refractivity contribution in [3.8, 4) is 17.0 Å². The highest BCUT2D eigenvalue weighted by atomic mass is 16.5. The van der Waals surface area contributed by atoms with Crippen LogP contribution < -0.4 is 4.74 Å². The van der Waals surface area contributed by atoms with Crippen molar-refractivity contribution in [1.29, 1.82) is 0 Å². The Bertz CT molecular complexity index is 868. The summed E-state index contributed by atoms with van der Waals surface area (Å²) in [5.41, 5.74) is 4.16. The van der Waals surface area contributed by atoms with Crippen LogP contribution in [0.2, 0.25) is 0 Å². The lowest BCUT2D eigenvalue weighted by molar-refractivity contribution is -0.00222. The van der Waals surface area contributed by atoms with Gasteiger partial charge in [0.15, 0.2) is 0 Å². The zero-order valence-electron chi connectivity index (χ0n) is 15.7. The number of pyridine rings is 1. The van der Waals surface area contributed by atoms with Crippen LogP contribution >= 0.6 is 0 Å². The Morgan fingerprint density at radius 3 is 2.50 bits per heavy atom. The zero-order valence-corrected chi connectivity index (χ0v) is 15.7. The predicted octanol–water partition coefficient (Wildman–Crippen LogP) is 4.56. The third kappa shape index (κ3) is 3.34. The maximum Gasteiger partial charge on any atom is 0.140 e. The number of rotatable bonds is 4. The van der Waals surface area contributed by atoms with Crippen molar-refractivity contribution in [2.75, 3.05) is 19.7 Å². The Labute approximate surface area is 155 Å². The van der Waals surface area contributed by atoms with Crippen LogP contribution in [0.1, 0.15) is 31.7 Å². The first-order chi connectivity index (χ1) is 12.8. The minimum absolute atomic E-state index is 0.726.